The Labute approximate surface area is 188 Å². The number of hydrogen-bond acceptors (Lipinski definition) is 5. The summed E-state index contributed by atoms with van der Waals surface area (Å²) in [4.78, 5) is 0. The number of sulfonamides is 1. The van der Waals surface area contributed by atoms with Gasteiger partial charge in [0.15, 0.2) is 0 Å². The van der Waals surface area contributed by atoms with E-state index in [1.807, 2.05) is 18.2 Å². The molecule has 2 heterocycles. The van der Waals surface area contributed by atoms with E-state index in [1.165, 1.54) is 22.2 Å². The van der Waals surface area contributed by atoms with Gasteiger partial charge in [-0.15, -0.1) is 0 Å². The lowest BCUT2D eigenvalue weighted by molar-refractivity contribution is 0.135. The van der Waals surface area contributed by atoms with Gasteiger partial charge in [0.25, 0.3) is 0 Å². The van der Waals surface area contributed by atoms with Crippen LogP contribution in [0.2, 0.25) is 0 Å². The SMILES string of the molecule is CS(=O)(=O)N1CCC(Oc2ccc(CN3CCC[C@H](c4ccccc4)S3)c(F)c2)CC1. The Hall–Kier alpha value is -1.61. The lowest BCUT2D eigenvalue weighted by atomic mass is 10.1. The van der Waals surface area contributed by atoms with E-state index in [-0.39, 0.29) is 11.9 Å². The summed E-state index contributed by atoms with van der Waals surface area (Å²) < 4.78 is 47.7. The van der Waals surface area contributed by atoms with Crippen molar-refractivity contribution in [1.82, 2.24) is 8.61 Å². The minimum Gasteiger partial charge on any atom is -0.490 e. The number of ether oxygens (including phenoxy) is 1. The fourth-order valence-corrected chi connectivity index (χ4v) is 6.38. The highest BCUT2D eigenvalue weighted by atomic mass is 32.2. The molecule has 2 saturated heterocycles. The third-order valence-corrected chi connectivity index (χ3v) is 8.54. The lowest BCUT2D eigenvalue weighted by Gasteiger charge is -2.32. The average molecular weight is 465 g/mol. The third-order valence-electron chi connectivity index (χ3n) is 5.87. The Morgan fingerprint density at radius 3 is 2.48 bits per heavy atom. The Balaban J connectivity index is 1.33. The van der Waals surface area contributed by atoms with E-state index in [9.17, 15) is 12.8 Å². The molecule has 0 bridgehead atoms. The quantitative estimate of drug-likeness (QED) is 0.584. The smallest absolute Gasteiger partial charge is 0.211 e. The minimum absolute atomic E-state index is 0.0902. The van der Waals surface area contributed by atoms with Gasteiger partial charge in [-0.2, -0.15) is 0 Å². The predicted octanol–water partition coefficient (Wildman–Crippen LogP) is 4.61. The molecular weight excluding hydrogens is 435 g/mol. The molecule has 8 heteroatoms. The number of hydrogen-bond donors (Lipinski definition) is 0. The molecule has 0 aliphatic carbocycles. The van der Waals surface area contributed by atoms with E-state index in [0.717, 1.165) is 19.4 Å². The molecule has 168 valence electrons. The van der Waals surface area contributed by atoms with Crippen LogP contribution in [0.15, 0.2) is 48.5 Å². The van der Waals surface area contributed by atoms with Crippen LogP contribution in [-0.4, -0.2) is 49.0 Å². The number of halogens is 1. The first-order chi connectivity index (χ1) is 14.9. The zero-order chi connectivity index (χ0) is 21.8. The van der Waals surface area contributed by atoms with Crippen LogP contribution in [0.3, 0.4) is 0 Å². The van der Waals surface area contributed by atoms with Crippen molar-refractivity contribution < 1.29 is 17.5 Å². The monoisotopic (exact) mass is 464 g/mol. The molecule has 0 unspecified atom stereocenters. The van der Waals surface area contributed by atoms with Gasteiger partial charge >= 0.3 is 0 Å². The zero-order valence-corrected chi connectivity index (χ0v) is 19.4. The molecule has 31 heavy (non-hydrogen) atoms. The van der Waals surface area contributed by atoms with Gasteiger partial charge in [-0.25, -0.2) is 21.4 Å². The van der Waals surface area contributed by atoms with Crippen LogP contribution in [0.4, 0.5) is 4.39 Å². The predicted molar refractivity (Wildman–Crippen MR) is 123 cm³/mol. The molecule has 5 nitrogen and oxygen atoms in total. The van der Waals surface area contributed by atoms with Gasteiger partial charge in [0.1, 0.15) is 17.7 Å². The first-order valence-corrected chi connectivity index (χ1v) is 13.4. The van der Waals surface area contributed by atoms with Crippen LogP contribution in [-0.2, 0) is 16.6 Å². The Morgan fingerprint density at radius 2 is 1.81 bits per heavy atom. The fraction of sp³-hybridized carbons (Fsp3) is 0.478. The zero-order valence-electron chi connectivity index (χ0n) is 17.7. The second-order valence-corrected chi connectivity index (χ2v) is 11.5. The molecular formula is C23H29FN2O3S2. The lowest BCUT2D eigenvalue weighted by Crippen LogP contribution is -2.41. The van der Waals surface area contributed by atoms with Gasteiger partial charge in [-0.3, -0.25) is 0 Å². The molecule has 2 aliphatic rings. The van der Waals surface area contributed by atoms with Crippen molar-refractivity contribution in [3.63, 3.8) is 0 Å². The second kappa shape index (κ2) is 9.90. The molecule has 0 spiro atoms. The van der Waals surface area contributed by atoms with Crippen LogP contribution in [0.1, 0.15) is 42.1 Å². The number of benzene rings is 2. The number of rotatable bonds is 6. The first kappa shape index (κ1) is 22.6. The maximum absolute atomic E-state index is 14.8. The highest BCUT2D eigenvalue weighted by Gasteiger charge is 2.26. The normalized spacial score (nSPS) is 21.8. The van der Waals surface area contributed by atoms with Crippen molar-refractivity contribution in [2.75, 3.05) is 25.9 Å². The second-order valence-electron chi connectivity index (χ2n) is 8.24. The summed E-state index contributed by atoms with van der Waals surface area (Å²) in [7, 11) is -3.16. The maximum Gasteiger partial charge on any atom is 0.211 e. The van der Waals surface area contributed by atoms with Crippen LogP contribution >= 0.6 is 11.9 Å². The summed E-state index contributed by atoms with van der Waals surface area (Å²) in [5.74, 6) is 0.251. The van der Waals surface area contributed by atoms with Crippen molar-refractivity contribution >= 4 is 22.0 Å². The van der Waals surface area contributed by atoms with E-state index in [0.29, 0.717) is 49.0 Å². The summed E-state index contributed by atoms with van der Waals surface area (Å²) in [6, 6.07) is 15.6. The molecule has 0 N–H and O–H groups in total. The third kappa shape index (κ3) is 6.00. The van der Waals surface area contributed by atoms with E-state index in [4.69, 9.17) is 4.74 Å². The number of nitrogens with zero attached hydrogens (tertiary/aromatic N) is 2. The molecule has 2 aromatic carbocycles. The van der Waals surface area contributed by atoms with Crippen LogP contribution in [0.5, 0.6) is 5.75 Å². The van der Waals surface area contributed by atoms with Gasteiger partial charge in [0, 0.05) is 43.1 Å². The first-order valence-electron chi connectivity index (χ1n) is 10.8. The molecule has 0 radical (unpaired) electrons. The molecule has 0 aromatic heterocycles. The van der Waals surface area contributed by atoms with E-state index in [1.54, 1.807) is 11.9 Å². The van der Waals surface area contributed by atoms with E-state index in [2.05, 4.69) is 28.6 Å². The topological polar surface area (TPSA) is 49.9 Å². The van der Waals surface area contributed by atoms with E-state index < -0.39 is 10.0 Å². The largest absolute Gasteiger partial charge is 0.490 e. The molecule has 2 fully saturated rings. The van der Waals surface area contributed by atoms with Crippen LogP contribution in [0.25, 0.3) is 0 Å². The average Bonchev–Trinajstić information content (AvgIpc) is 2.76. The molecule has 4 rings (SSSR count). The standard InChI is InChI=1S/C23H29FN2O3S2/c1-31(27,28)26-14-11-20(12-15-26)29-21-10-9-19(22(24)16-21)17-25-13-5-8-23(30-25)18-6-3-2-4-7-18/h2-4,6-7,9-10,16,20,23H,5,8,11-15,17H2,1H3/t23-/m1/s1. The summed E-state index contributed by atoms with van der Waals surface area (Å²) in [5, 5.41) is 0.415. The Morgan fingerprint density at radius 1 is 1.06 bits per heavy atom. The van der Waals surface area contributed by atoms with Crippen molar-refractivity contribution in [2.45, 2.75) is 43.6 Å². The van der Waals surface area contributed by atoms with Crippen molar-refractivity contribution in [3.8, 4) is 5.75 Å². The molecule has 1 atom stereocenters. The summed E-state index contributed by atoms with van der Waals surface area (Å²) in [5.41, 5.74) is 1.99. The van der Waals surface area contributed by atoms with Crippen molar-refractivity contribution in [3.05, 3.63) is 65.5 Å². The van der Waals surface area contributed by atoms with E-state index >= 15 is 0 Å². The summed E-state index contributed by atoms with van der Waals surface area (Å²) in [6.07, 6.45) is 4.60. The summed E-state index contributed by atoms with van der Waals surface area (Å²) >= 11 is 1.80. The maximum atomic E-state index is 14.8. The van der Waals surface area contributed by atoms with Crippen molar-refractivity contribution in [2.24, 2.45) is 0 Å². The van der Waals surface area contributed by atoms with Gasteiger partial charge < -0.3 is 4.74 Å². The minimum atomic E-state index is -3.16. The molecule has 0 saturated carbocycles. The molecule has 2 aliphatic heterocycles. The van der Waals surface area contributed by atoms with Crippen LogP contribution in [0, 0.1) is 5.82 Å². The Bertz CT molecular complexity index is 980. The van der Waals surface area contributed by atoms with Gasteiger partial charge in [0.2, 0.25) is 10.0 Å². The van der Waals surface area contributed by atoms with Crippen LogP contribution < -0.4 is 4.74 Å². The Kier molecular flexibility index (Phi) is 7.21. The molecule has 0 amide bonds. The molecule has 2 aromatic rings. The highest BCUT2D eigenvalue weighted by molar-refractivity contribution is 7.97. The van der Waals surface area contributed by atoms with Crippen molar-refractivity contribution in [1.29, 1.82) is 0 Å². The van der Waals surface area contributed by atoms with Gasteiger partial charge in [0.05, 0.1) is 6.26 Å². The van der Waals surface area contributed by atoms with Gasteiger partial charge in [-0.1, -0.05) is 48.3 Å². The fourth-order valence-electron chi connectivity index (χ4n) is 4.14. The number of piperidine rings is 1. The highest BCUT2D eigenvalue weighted by Crippen LogP contribution is 2.40. The van der Waals surface area contributed by atoms with Gasteiger partial charge in [-0.05, 0) is 37.3 Å². The summed E-state index contributed by atoms with van der Waals surface area (Å²) in [6.45, 7) is 2.40.